The summed E-state index contributed by atoms with van der Waals surface area (Å²) in [4.78, 5) is 12.8. The third-order valence-electron chi connectivity index (χ3n) is 2.63. The van der Waals surface area contributed by atoms with Crippen LogP contribution in [0.3, 0.4) is 0 Å². The van der Waals surface area contributed by atoms with E-state index in [1.807, 2.05) is 0 Å². The Labute approximate surface area is 100 Å². The van der Waals surface area contributed by atoms with Crippen molar-refractivity contribution >= 4 is 33.1 Å². The molecule has 0 spiro atoms. The number of sulfonamides is 1. The molecule has 2 N–H and O–H groups in total. The highest BCUT2D eigenvalue weighted by atomic mass is 32.2. The summed E-state index contributed by atoms with van der Waals surface area (Å²) in [6.45, 7) is 1.98. The van der Waals surface area contributed by atoms with Crippen molar-refractivity contribution in [1.29, 1.82) is 0 Å². The SMILES string of the molecule is CC(C(N)=S)S(=O)(=O)N1CCN(C)C(=O)C1. The molecule has 1 amide bonds. The maximum absolute atomic E-state index is 12.0. The van der Waals surface area contributed by atoms with Crippen molar-refractivity contribution in [2.45, 2.75) is 12.2 Å². The van der Waals surface area contributed by atoms with E-state index < -0.39 is 15.3 Å². The zero-order chi connectivity index (χ0) is 12.5. The number of carbonyl (C=O) groups is 1. The fourth-order valence-electron chi connectivity index (χ4n) is 1.32. The Morgan fingerprint density at radius 3 is 2.50 bits per heavy atom. The maximum atomic E-state index is 12.0. The van der Waals surface area contributed by atoms with Gasteiger partial charge in [-0.1, -0.05) is 12.2 Å². The molecule has 1 fully saturated rings. The number of carbonyl (C=O) groups excluding carboxylic acids is 1. The lowest BCUT2D eigenvalue weighted by Gasteiger charge is -2.32. The number of nitrogens with two attached hydrogens (primary N) is 1. The van der Waals surface area contributed by atoms with Gasteiger partial charge in [-0.15, -0.1) is 0 Å². The van der Waals surface area contributed by atoms with Crippen LogP contribution in [0.15, 0.2) is 0 Å². The van der Waals surface area contributed by atoms with Gasteiger partial charge in [0.15, 0.2) is 0 Å². The van der Waals surface area contributed by atoms with Crippen LogP contribution in [0.1, 0.15) is 6.92 Å². The molecular formula is C8H15N3O3S2. The van der Waals surface area contributed by atoms with Crippen molar-refractivity contribution in [3.63, 3.8) is 0 Å². The fourth-order valence-corrected chi connectivity index (χ4v) is 3.06. The first-order chi connectivity index (χ1) is 7.26. The summed E-state index contributed by atoms with van der Waals surface area (Å²) in [5.41, 5.74) is 5.32. The van der Waals surface area contributed by atoms with Crippen molar-refractivity contribution in [3.05, 3.63) is 0 Å². The Morgan fingerprint density at radius 1 is 1.50 bits per heavy atom. The van der Waals surface area contributed by atoms with Gasteiger partial charge in [0.2, 0.25) is 15.9 Å². The highest BCUT2D eigenvalue weighted by molar-refractivity contribution is 7.92. The van der Waals surface area contributed by atoms with Gasteiger partial charge in [0.1, 0.15) is 5.25 Å². The molecule has 1 rings (SSSR count). The summed E-state index contributed by atoms with van der Waals surface area (Å²) in [6, 6.07) is 0. The molecular weight excluding hydrogens is 250 g/mol. The number of thiocarbonyl (C=S) groups is 1. The lowest BCUT2D eigenvalue weighted by molar-refractivity contribution is -0.132. The van der Waals surface area contributed by atoms with E-state index in [4.69, 9.17) is 5.73 Å². The van der Waals surface area contributed by atoms with E-state index in [0.29, 0.717) is 6.54 Å². The van der Waals surface area contributed by atoms with Crippen molar-refractivity contribution < 1.29 is 13.2 Å². The van der Waals surface area contributed by atoms with Crippen LogP contribution in [-0.4, -0.2) is 60.5 Å². The van der Waals surface area contributed by atoms with Crippen LogP contribution in [0.4, 0.5) is 0 Å². The summed E-state index contributed by atoms with van der Waals surface area (Å²) in [6.07, 6.45) is 0. The lowest BCUT2D eigenvalue weighted by atomic mass is 10.4. The Balaban J connectivity index is 2.86. The minimum atomic E-state index is -3.60. The van der Waals surface area contributed by atoms with Crippen molar-refractivity contribution in [2.24, 2.45) is 5.73 Å². The molecule has 6 nitrogen and oxygen atoms in total. The first-order valence-corrected chi connectivity index (χ1v) is 6.70. The Hall–Kier alpha value is -0.730. The molecule has 1 aliphatic rings. The monoisotopic (exact) mass is 265 g/mol. The topological polar surface area (TPSA) is 83.7 Å². The Kier molecular flexibility index (Phi) is 3.87. The highest BCUT2D eigenvalue weighted by Crippen LogP contribution is 2.12. The third-order valence-corrected chi connectivity index (χ3v) is 5.31. The lowest BCUT2D eigenvalue weighted by Crippen LogP contribution is -2.53. The number of piperazine rings is 1. The largest absolute Gasteiger partial charge is 0.392 e. The van der Waals surface area contributed by atoms with E-state index in [1.54, 1.807) is 7.05 Å². The Morgan fingerprint density at radius 2 is 2.06 bits per heavy atom. The molecule has 1 aliphatic heterocycles. The summed E-state index contributed by atoms with van der Waals surface area (Å²) < 4.78 is 25.1. The summed E-state index contributed by atoms with van der Waals surface area (Å²) in [5, 5.41) is -0.932. The molecule has 1 saturated heterocycles. The van der Waals surface area contributed by atoms with Gasteiger partial charge in [-0.3, -0.25) is 4.79 Å². The van der Waals surface area contributed by atoms with E-state index in [9.17, 15) is 13.2 Å². The summed E-state index contributed by atoms with van der Waals surface area (Å²) in [5.74, 6) is -0.218. The van der Waals surface area contributed by atoms with Gasteiger partial charge in [0.25, 0.3) is 0 Å². The number of rotatable bonds is 3. The van der Waals surface area contributed by atoms with Crippen LogP contribution >= 0.6 is 12.2 Å². The van der Waals surface area contributed by atoms with Crippen molar-refractivity contribution in [1.82, 2.24) is 9.21 Å². The second kappa shape index (κ2) is 4.64. The predicted octanol–water partition coefficient (Wildman–Crippen LogP) is -1.24. The number of hydrogen-bond acceptors (Lipinski definition) is 4. The molecule has 1 unspecified atom stereocenters. The number of likely N-dealkylation sites (N-methyl/N-ethyl adjacent to an activating group) is 1. The second-order valence-corrected chi connectivity index (χ2v) is 6.46. The molecule has 0 saturated carbocycles. The van der Waals surface area contributed by atoms with Gasteiger partial charge < -0.3 is 10.6 Å². The van der Waals surface area contributed by atoms with E-state index in [1.165, 1.54) is 11.8 Å². The average molecular weight is 265 g/mol. The van der Waals surface area contributed by atoms with Crippen LogP contribution in [0.5, 0.6) is 0 Å². The second-order valence-electron chi connectivity index (χ2n) is 3.74. The van der Waals surface area contributed by atoms with Gasteiger partial charge in [-0.2, -0.15) is 4.31 Å². The molecule has 8 heteroatoms. The Bertz CT molecular complexity index is 407. The van der Waals surface area contributed by atoms with Crippen LogP contribution < -0.4 is 5.73 Å². The van der Waals surface area contributed by atoms with Crippen LogP contribution in [0.2, 0.25) is 0 Å². The molecule has 0 bridgehead atoms. The minimum absolute atomic E-state index is 0.0774. The fraction of sp³-hybridized carbons (Fsp3) is 0.750. The molecule has 1 heterocycles. The molecule has 0 aliphatic carbocycles. The zero-order valence-corrected chi connectivity index (χ0v) is 10.8. The van der Waals surface area contributed by atoms with E-state index in [0.717, 1.165) is 4.31 Å². The molecule has 0 aromatic rings. The van der Waals surface area contributed by atoms with Gasteiger partial charge >= 0.3 is 0 Å². The minimum Gasteiger partial charge on any atom is -0.392 e. The van der Waals surface area contributed by atoms with Gasteiger partial charge in [-0.25, -0.2) is 8.42 Å². The summed E-state index contributed by atoms with van der Waals surface area (Å²) >= 11 is 4.66. The van der Waals surface area contributed by atoms with Crippen LogP contribution in [0.25, 0.3) is 0 Å². The molecule has 1 atom stereocenters. The molecule has 0 aromatic heterocycles. The van der Waals surface area contributed by atoms with E-state index in [-0.39, 0.29) is 24.0 Å². The van der Waals surface area contributed by atoms with Gasteiger partial charge in [0.05, 0.1) is 11.5 Å². The summed E-state index contributed by atoms with van der Waals surface area (Å²) in [7, 11) is -1.96. The molecule has 16 heavy (non-hydrogen) atoms. The normalized spacial score (nSPS) is 20.9. The standard InChI is InChI=1S/C8H15N3O3S2/c1-6(8(9)15)16(13,14)11-4-3-10(2)7(12)5-11/h6H,3-5H2,1-2H3,(H2,9,15). The highest BCUT2D eigenvalue weighted by Gasteiger charge is 2.35. The van der Waals surface area contributed by atoms with Crippen LogP contribution in [-0.2, 0) is 14.8 Å². The number of amides is 1. The maximum Gasteiger partial charge on any atom is 0.237 e. The predicted molar refractivity (Wildman–Crippen MR) is 64.4 cm³/mol. The smallest absolute Gasteiger partial charge is 0.237 e. The zero-order valence-electron chi connectivity index (χ0n) is 9.21. The molecule has 92 valence electrons. The number of nitrogens with zero attached hydrogens (tertiary/aromatic N) is 2. The first-order valence-electron chi connectivity index (χ1n) is 4.79. The molecule has 0 radical (unpaired) electrons. The van der Waals surface area contributed by atoms with Gasteiger partial charge in [0, 0.05) is 20.1 Å². The average Bonchev–Trinajstić information content (AvgIpc) is 2.20. The number of hydrogen-bond donors (Lipinski definition) is 1. The van der Waals surface area contributed by atoms with Crippen molar-refractivity contribution in [3.8, 4) is 0 Å². The van der Waals surface area contributed by atoms with Gasteiger partial charge in [-0.05, 0) is 6.92 Å². The van der Waals surface area contributed by atoms with Crippen LogP contribution in [0, 0.1) is 0 Å². The van der Waals surface area contributed by atoms with Crippen molar-refractivity contribution in [2.75, 3.05) is 26.7 Å². The third kappa shape index (κ3) is 2.50. The van der Waals surface area contributed by atoms with E-state index in [2.05, 4.69) is 12.2 Å². The first kappa shape index (κ1) is 13.3. The molecule has 0 aromatic carbocycles. The quantitative estimate of drug-likeness (QED) is 0.646. The van der Waals surface area contributed by atoms with E-state index >= 15 is 0 Å².